The Morgan fingerprint density at radius 1 is 1.03 bits per heavy atom. The highest BCUT2D eigenvalue weighted by Crippen LogP contribution is 2.46. The van der Waals surface area contributed by atoms with Gasteiger partial charge in [0, 0.05) is 31.0 Å². The first-order valence-corrected chi connectivity index (χ1v) is 10.6. The summed E-state index contributed by atoms with van der Waals surface area (Å²) in [5.74, 6) is -0.146. The number of carbonyl (C=O) groups excluding carboxylic acids is 2. The molecule has 2 aromatic carbocycles. The van der Waals surface area contributed by atoms with Crippen LogP contribution in [0, 0.1) is 0 Å². The van der Waals surface area contributed by atoms with Crippen LogP contribution in [-0.4, -0.2) is 29.4 Å². The number of ether oxygens (including phenoxy) is 2. The summed E-state index contributed by atoms with van der Waals surface area (Å²) >= 11 is 0. The van der Waals surface area contributed by atoms with Gasteiger partial charge in [-0.05, 0) is 37.1 Å². The van der Waals surface area contributed by atoms with Gasteiger partial charge in [-0.25, -0.2) is 0 Å². The summed E-state index contributed by atoms with van der Waals surface area (Å²) in [5, 5.41) is 8.74. The third-order valence-corrected chi connectivity index (χ3v) is 5.93. The van der Waals surface area contributed by atoms with Crippen molar-refractivity contribution >= 4 is 28.9 Å². The van der Waals surface area contributed by atoms with Crippen molar-refractivity contribution in [2.45, 2.75) is 50.4 Å². The van der Waals surface area contributed by atoms with E-state index < -0.39 is 17.7 Å². The molecule has 160 valence electrons. The number of nitrogens with one attached hydrogen (secondary N) is 1. The fourth-order valence-corrected chi connectivity index (χ4v) is 4.36. The van der Waals surface area contributed by atoms with Gasteiger partial charge in [-0.15, -0.1) is 0 Å². The maximum absolute atomic E-state index is 12.9. The summed E-state index contributed by atoms with van der Waals surface area (Å²) < 4.78 is 12.2. The van der Waals surface area contributed by atoms with Gasteiger partial charge >= 0.3 is 0 Å². The first kappa shape index (κ1) is 19.4. The van der Waals surface area contributed by atoms with Crippen LogP contribution in [0.3, 0.4) is 0 Å². The van der Waals surface area contributed by atoms with Crippen LogP contribution in [0.25, 0.3) is 0 Å². The second-order valence-electron chi connectivity index (χ2n) is 8.14. The number of rotatable bonds is 4. The van der Waals surface area contributed by atoms with Gasteiger partial charge in [-0.3, -0.25) is 14.6 Å². The molecule has 3 aliphatic rings. The van der Waals surface area contributed by atoms with Crippen molar-refractivity contribution in [3.05, 3.63) is 48.5 Å². The maximum atomic E-state index is 12.9. The van der Waals surface area contributed by atoms with E-state index in [0.717, 1.165) is 25.7 Å². The molecule has 1 atom stereocenters. The second-order valence-corrected chi connectivity index (χ2v) is 8.14. The Bertz CT molecular complexity index is 1050. The molecule has 2 aliphatic heterocycles. The molecule has 1 saturated carbocycles. The molecule has 1 aliphatic carbocycles. The van der Waals surface area contributed by atoms with Crippen LogP contribution in [0.5, 0.6) is 11.5 Å². The predicted molar refractivity (Wildman–Crippen MR) is 116 cm³/mol. The first-order valence-electron chi connectivity index (χ1n) is 10.6. The lowest BCUT2D eigenvalue weighted by atomic mass is 9.94. The van der Waals surface area contributed by atoms with Crippen LogP contribution in [0.2, 0.25) is 0 Å². The van der Waals surface area contributed by atoms with Crippen molar-refractivity contribution in [2.75, 3.05) is 10.3 Å². The summed E-state index contributed by atoms with van der Waals surface area (Å²) in [6, 6.07) is 13.8. The van der Waals surface area contributed by atoms with Gasteiger partial charge in [0.1, 0.15) is 11.8 Å². The topological polar surface area (TPSA) is 106 Å². The lowest BCUT2D eigenvalue weighted by molar-refractivity contribution is -0.119. The van der Waals surface area contributed by atoms with Crippen molar-refractivity contribution in [1.82, 2.24) is 0 Å². The number of carbonyl (C=O) groups is 2. The van der Waals surface area contributed by atoms with Crippen molar-refractivity contribution < 1.29 is 19.1 Å². The Hall–Kier alpha value is -3.55. The van der Waals surface area contributed by atoms with E-state index in [1.54, 1.807) is 12.1 Å². The average molecular weight is 420 g/mol. The Balaban J connectivity index is 1.32. The van der Waals surface area contributed by atoms with Crippen molar-refractivity contribution in [3.8, 4) is 11.5 Å². The lowest BCUT2D eigenvalue weighted by Crippen LogP contribution is -2.40. The number of primary amides is 1. The number of amides is 2. The number of para-hydroxylation sites is 1. The minimum atomic E-state index is -0.703. The van der Waals surface area contributed by atoms with Crippen LogP contribution in [0.15, 0.2) is 53.6 Å². The molecule has 31 heavy (non-hydrogen) atoms. The maximum Gasteiger partial charge on any atom is 0.271 e. The zero-order chi connectivity index (χ0) is 21.4. The van der Waals surface area contributed by atoms with E-state index in [2.05, 4.69) is 10.4 Å². The number of anilines is 2. The molecule has 1 unspecified atom stereocenters. The van der Waals surface area contributed by atoms with Gasteiger partial charge in [0.2, 0.25) is 5.91 Å². The number of fused-ring (bicyclic) bond motifs is 1. The molecule has 0 bridgehead atoms. The highest BCUT2D eigenvalue weighted by Gasteiger charge is 2.42. The molecule has 1 spiro atoms. The van der Waals surface area contributed by atoms with Crippen molar-refractivity contribution in [1.29, 1.82) is 0 Å². The molecule has 8 heteroatoms. The molecule has 5 rings (SSSR count). The highest BCUT2D eigenvalue weighted by atomic mass is 16.7. The van der Waals surface area contributed by atoms with Crippen LogP contribution >= 0.6 is 0 Å². The second kappa shape index (κ2) is 7.61. The highest BCUT2D eigenvalue weighted by molar-refractivity contribution is 6.44. The number of nitrogens with two attached hydrogens (primary N) is 1. The van der Waals surface area contributed by atoms with E-state index in [1.165, 1.54) is 11.4 Å². The van der Waals surface area contributed by atoms with Gasteiger partial charge in [0.15, 0.2) is 11.5 Å². The molecule has 2 amide bonds. The van der Waals surface area contributed by atoms with E-state index in [1.807, 2.05) is 36.4 Å². The van der Waals surface area contributed by atoms with Gasteiger partial charge < -0.3 is 20.5 Å². The largest absolute Gasteiger partial charge is 0.448 e. The normalized spacial score (nSPS) is 21.1. The van der Waals surface area contributed by atoms with Gasteiger partial charge in [0.25, 0.3) is 11.7 Å². The number of nitrogens with zero attached hydrogens (tertiary/aromatic N) is 2. The molecule has 8 nitrogen and oxygen atoms in total. The van der Waals surface area contributed by atoms with Crippen molar-refractivity contribution in [3.63, 3.8) is 0 Å². The number of hydrazone groups is 1. The summed E-state index contributed by atoms with van der Waals surface area (Å²) in [4.78, 5) is 24.8. The van der Waals surface area contributed by atoms with E-state index in [0.29, 0.717) is 22.9 Å². The number of hydrogen-bond acceptors (Lipinski definition) is 6. The zero-order valence-corrected chi connectivity index (χ0v) is 17.0. The molecule has 0 radical (unpaired) electrons. The van der Waals surface area contributed by atoms with Gasteiger partial charge in [-0.1, -0.05) is 24.6 Å². The Morgan fingerprint density at radius 3 is 2.52 bits per heavy atom. The van der Waals surface area contributed by atoms with E-state index in [4.69, 9.17) is 15.2 Å². The molecule has 2 aromatic rings. The summed E-state index contributed by atoms with van der Waals surface area (Å²) in [7, 11) is 0. The molecule has 2 heterocycles. The molecular formula is C23H24N4O4. The summed E-state index contributed by atoms with van der Waals surface area (Å²) in [5.41, 5.74) is 7.08. The lowest BCUT2D eigenvalue weighted by Gasteiger charge is -2.31. The van der Waals surface area contributed by atoms with Gasteiger partial charge in [-0.2, -0.15) is 5.10 Å². The standard InChI is InChI=1S/C23H24N4O4/c24-21(28)18-14-17(26-27(18)16-7-3-1-4-8-16)22(29)25-15-9-10-19-20(13-15)31-23(30-19)11-5-2-6-12-23/h1,3-4,7-10,13,18H,2,5-6,11-12,14H2,(H2,24,28)(H,25,29). The van der Waals surface area contributed by atoms with Gasteiger partial charge in [0.05, 0.1) is 5.69 Å². The average Bonchev–Trinajstić information content (AvgIpc) is 3.36. The van der Waals surface area contributed by atoms with E-state index in [9.17, 15) is 9.59 Å². The molecule has 3 N–H and O–H groups in total. The zero-order valence-electron chi connectivity index (χ0n) is 17.0. The Kier molecular flexibility index (Phi) is 4.77. The monoisotopic (exact) mass is 420 g/mol. The third-order valence-electron chi connectivity index (χ3n) is 5.93. The Morgan fingerprint density at radius 2 is 1.77 bits per heavy atom. The summed E-state index contributed by atoms with van der Waals surface area (Å²) in [6.07, 6.45) is 5.23. The summed E-state index contributed by atoms with van der Waals surface area (Å²) in [6.45, 7) is 0. The van der Waals surface area contributed by atoms with E-state index >= 15 is 0 Å². The fraction of sp³-hybridized carbons (Fsp3) is 0.348. The smallest absolute Gasteiger partial charge is 0.271 e. The first-order chi connectivity index (χ1) is 15.0. The van der Waals surface area contributed by atoms with Crippen LogP contribution in [-0.2, 0) is 9.59 Å². The molecule has 0 aromatic heterocycles. The molecular weight excluding hydrogens is 396 g/mol. The minimum absolute atomic E-state index is 0.143. The predicted octanol–water partition coefficient (Wildman–Crippen LogP) is 3.18. The quantitative estimate of drug-likeness (QED) is 0.790. The minimum Gasteiger partial charge on any atom is -0.448 e. The van der Waals surface area contributed by atoms with Crippen molar-refractivity contribution in [2.24, 2.45) is 10.8 Å². The molecule has 0 saturated heterocycles. The van der Waals surface area contributed by atoms with Crippen LogP contribution in [0.1, 0.15) is 38.5 Å². The third kappa shape index (κ3) is 3.69. The SMILES string of the molecule is NC(=O)C1CC(C(=O)Nc2ccc3c(c2)OC2(CCCCC2)O3)=NN1c1ccccc1. The van der Waals surface area contributed by atoms with E-state index in [-0.39, 0.29) is 18.0 Å². The number of hydrogen-bond donors (Lipinski definition) is 2. The Labute approximate surface area is 180 Å². The molecule has 1 fully saturated rings. The van der Waals surface area contributed by atoms with Crippen LogP contribution in [0.4, 0.5) is 11.4 Å². The fourth-order valence-electron chi connectivity index (χ4n) is 4.36. The number of benzene rings is 2. The van der Waals surface area contributed by atoms with Crippen LogP contribution < -0.4 is 25.5 Å².